The summed E-state index contributed by atoms with van der Waals surface area (Å²) in [5.41, 5.74) is -2.18. The molecule has 0 aliphatic heterocycles. The zero-order chi connectivity index (χ0) is 40.3. The zero-order valence-corrected chi connectivity index (χ0v) is 36.1. The molecular formula is C43H70O8. The Morgan fingerprint density at radius 1 is 0.392 bits per heavy atom. The van der Waals surface area contributed by atoms with Crippen LogP contribution in [0.5, 0.6) is 34.5 Å². The fourth-order valence-corrected chi connectivity index (χ4v) is 4.49. The first-order valence-electron chi connectivity index (χ1n) is 17.9. The number of methoxy groups -OCH3 is 1. The second kappa shape index (κ2) is 15.7. The van der Waals surface area contributed by atoms with Crippen LogP contribution in [0.1, 0.15) is 166 Å². The Hall–Kier alpha value is -3.42. The van der Waals surface area contributed by atoms with E-state index in [1.54, 1.807) is 31.4 Å². The number of ketones is 2. The fraction of sp³-hybridized carbons (Fsp3) is 0.674. The number of carbonyl (C=O) groups excluding carboxylic acids is 2. The molecular weight excluding hydrogens is 644 g/mol. The van der Waals surface area contributed by atoms with Gasteiger partial charge in [0.2, 0.25) is 5.75 Å². The summed E-state index contributed by atoms with van der Waals surface area (Å²) in [5, 5.41) is 0. The number of hydrogen-bond acceptors (Lipinski definition) is 8. The third-order valence-corrected chi connectivity index (χ3v) is 6.25. The Balaban J connectivity index is 0.000000514. The van der Waals surface area contributed by atoms with Gasteiger partial charge in [0.1, 0.15) is 33.8 Å². The van der Waals surface area contributed by atoms with Crippen LogP contribution in [0.15, 0.2) is 24.3 Å². The first kappa shape index (κ1) is 45.6. The van der Waals surface area contributed by atoms with E-state index in [4.69, 9.17) is 28.4 Å². The van der Waals surface area contributed by atoms with Crippen molar-refractivity contribution in [1.82, 2.24) is 0 Å². The van der Waals surface area contributed by atoms with Gasteiger partial charge in [-0.2, -0.15) is 0 Å². The van der Waals surface area contributed by atoms with Gasteiger partial charge >= 0.3 is 0 Å². The fourth-order valence-electron chi connectivity index (χ4n) is 4.49. The van der Waals surface area contributed by atoms with E-state index in [1.807, 2.05) is 145 Å². The summed E-state index contributed by atoms with van der Waals surface area (Å²) >= 11 is 0. The molecule has 0 N–H and O–H groups in total. The highest BCUT2D eigenvalue weighted by Crippen LogP contribution is 2.45. The predicted molar refractivity (Wildman–Crippen MR) is 209 cm³/mol. The number of rotatable bonds is 8. The number of hydrogen-bond donors (Lipinski definition) is 0. The Morgan fingerprint density at radius 3 is 1.08 bits per heavy atom. The van der Waals surface area contributed by atoms with Gasteiger partial charge in [-0.05, 0) is 122 Å². The summed E-state index contributed by atoms with van der Waals surface area (Å²) in [6, 6.07) is 7.09. The molecule has 0 saturated carbocycles. The molecule has 0 saturated heterocycles. The minimum absolute atomic E-state index is 0.00218. The van der Waals surface area contributed by atoms with Crippen molar-refractivity contribution in [3.8, 4) is 34.5 Å². The molecule has 0 amide bonds. The van der Waals surface area contributed by atoms with E-state index in [1.165, 1.54) is 0 Å². The minimum Gasteiger partial charge on any atom is -0.490 e. The van der Waals surface area contributed by atoms with Crippen molar-refractivity contribution in [2.24, 2.45) is 10.8 Å². The van der Waals surface area contributed by atoms with Gasteiger partial charge in [-0.25, -0.2) is 0 Å². The molecule has 0 spiro atoms. The molecule has 8 heteroatoms. The SMILES string of the molecule is CC(C)(C)Oc1cc(OC(C)(C)C)c(C(=O)C(C)(C)C)cc1OC(C)(C)C.COc1c(OC(C)(C)C)ccc(C(=O)C(C)(C)C)c1OC(C)(C)C. The van der Waals surface area contributed by atoms with Gasteiger partial charge < -0.3 is 28.4 Å². The van der Waals surface area contributed by atoms with Crippen molar-refractivity contribution in [3.05, 3.63) is 35.4 Å². The molecule has 0 fully saturated rings. The highest BCUT2D eigenvalue weighted by molar-refractivity contribution is 6.03. The summed E-state index contributed by atoms with van der Waals surface area (Å²) in [6.45, 7) is 40.8. The smallest absolute Gasteiger partial charge is 0.204 e. The van der Waals surface area contributed by atoms with E-state index in [0.717, 1.165) is 0 Å². The van der Waals surface area contributed by atoms with Crippen LogP contribution in [0.2, 0.25) is 0 Å². The van der Waals surface area contributed by atoms with Crippen LogP contribution in [0.3, 0.4) is 0 Å². The molecule has 2 aromatic rings. The first-order chi connectivity index (χ1) is 22.4. The molecule has 0 atom stereocenters. The molecule has 0 heterocycles. The minimum atomic E-state index is -0.540. The Labute approximate surface area is 310 Å². The van der Waals surface area contributed by atoms with E-state index < -0.39 is 33.2 Å². The number of carbonyl (C=O) groups is 2. The quantitative estimate of drug-likeness (QED) is 0.250. The Kier molecular flexibility index (Phi) is 14.0. The largest absolute Gasteiger partial charge is 0.490 e. The average Bonchev–Trinajstić information content (AvgIpc) is 2.84. The number of benzene rings is 2. The second-order valence-corrected chi connectivity index (χ2v) is 20.0. The van der Waals surface area contributed by atoms with E-state index in [0.29, 0.717) is 45.6 Å². The molecule has 290 valence electrons. The third kappa shape index (κ3) is 15.8. The van der Waals surface area contributed by atoms with Crippen LogP contribution in [-0.2, 0) is 0 Å². The molecule has 0 radical (unpaired) electrons. The van der Waals surface area contributed by atoms with Gasteiger partial charge in [0.25, 0.3) is 0 Å². The van der Waals surface area contributed by atoms with Crippen molar-refractivity contribution < 1.29 is 38.0 Å². The van der Waals surface area contributed by atoms with Crippen molar-refractivity contribution >= 4 is 11.6 Å². The maximum Gasteiger partial charge on any atom is 0.204 e. The standard InChI is InChI=1S/C23H38O4.C20H32O4/c1-20(2,3)19(24)15-13-17(26-22(7,8)9)18(27-23(10,11)12)14-16(15)25-21(4,5)6;1-18(2,3)17(21)13-11-12-14(23-19(4,5)6)16(22-10)15(13)24-20(7,8)9/h13-14H,1-12H3;11-12H,1-10H3. The van der Waals surface area contributed by atoms with Crippen molar-refractivity contribution in [2.75, 3.05) is 7.11 Å². The maximum atomic E-state index is 13.1. The van der Waals surface area contributed by atoms with E-state index in [2.05, 4.69) is 0 Å². The van der Waals surface area contributed by atoms with Gasteiger partial charge in [0, 0.05) is 16.9 Å². The molecule has 2 rings (SSSR count). The van der Waals surface area contributed by atoms with Crippen molar-refractivity contribution in [2.45, 2.75) is 173 Å². The van der Waals surface area contributed by atoms with E-state index in [-0.39, 0.29) is 17.2 Å². The number of ether oxygens (including phenoxy) is 6. The lowest BCUT2D eigenvalue weighted by molar-refractivity contribution is 0.0816. The molecule has 51 heavy (non-hydrogen) atoms. The summed E-state index contributed by atoms with van der Waals surface area (Å²) < 4.78 is 36.1. The monoisotopic (exact) mass is 715 g/mol. The topological polar surface area (TPSA) is 89.5 Å². The first-order valence-corrected chi connectivity index (χ1v) is 17.9. The van der Waals surface area contributed by atoms with Crippen LogP contribution >= 0.6 is 0 Å². The summed E-state index contributed by atoms with van der Waals surface area (Å²) in [4.78, 5) is 26.0. The molecule has 2 aromatic carbocycles. The zero-order valence-electron chi connectivity index (χ0n) is 36.1. The summed E-state index contributed by atoms with van der Waals surface area (Å²) in [7, 11) is 1.56. The molecule has 0 aliphatic rings. The third-order valence-electron chi connectivity index (χ3n) is 6.25. The van der Waals surface area contributed by atoms with Gasteiger partial charge in [-0.3, -0.25) is 9.59 Å². The van der Waals surface area contributed by atoms with Crippen molar-refractivity contribution in [1.29, 1.82) is 0 Å². The number of Topliss-reactive ketones (excluding diaryl/α,β-unsaturated/α-hetero) is 2. The van der Waals surface area contributed by atoms with Gasteiger partial charge in [0.05, 0.1) is 18.2 Å². The molecule has 0 aromatic heterocycles. The normalized spacial score (nSPS) is 13.1. The van der Waals surface area contributed by atoms with Crippen LogP contribution in [-0.4, -0.2) is 46.7 Å². The van der Waals surface area contributed by atoms with Crippen LogP contribution < -0.4 is 28.4 Å². The van der Waals surface area contributed by atoms with Crippen LogP contribution in [0.4, 0.5) is 0 Å². The molecule has 8 nitrogen and oxygen atoms in total. The lowest BCUT2D eigenvalue weighted by atomic mass is 9.86. The van der Waals surface area contributed by atoms with Crippen LogP contribution in [0.25, 0.3) is 0 Å². The Bertz CT molecular complexity index is 1500. The summed E-state index contributed by atoms with van der Waals surface area (Å²) in [5.74, 6) is 3.10. The highest BCUT2D eigenvalue weighted by Gasteiger charge is 2.33. The van der Waals surface area contributed by atoms with Crippen LogP contribution in [0, 0.1) is 10.8 Å². The average molecular weight is 715 g/mol. The molecule has 0 unspecified atom stereocenters. The summed E-state index contributed by atoms with van der Waals surface area (Å²) in [6.07, 6.45) is 0. The second-order valence-electron chi connectivity index (χ2n) is 20.0. The Morgan fingerprint density at radius 2 is 0.725 bits per heavy atom. The predicted octanol–water partition coefficient (Wildman–Crippen LogP) is 11.7. The van der Waals surface area contributed by atoms with Gasteiger partial charge in [-0.15, -0.1) is 0 Å². The highest BCUT2D eigenvalue weighted by atomic mass is 16.6. The van der Waals surface area contributed by atoms with Crippen molar-refractivity contribution in [3.63, 3.8) is 0 Å². The van der Waals surface area contributed by atoms with Gasteiger partial charge in [-0.1, -0.05) is 41.5 Å². The van der Waals surface area contributed by atoms with E-state index >= 15 is 0 Å². The lowest BCUT2D eigenvalue weighted by Gasteiger charge is -2.30. The molecule has 0 bridgehead atoms. The maximum absolute atomic E-state index is 13.1. The van der Waals surface area contributed by atoms with E-state index in [9.17, 15) is 9.59 Å². The lowest BCUT2D eigenvalue weighted by Crippen LogP contribution is -2.29. The van der Waals surface area contributed by atoms with Gasteiger partial charge in [0.15, 0.2) is 34.6 Å². The molecule has 0 aliphatic carbocycles.